The lowest BCUT2D eigenvalue weighted by Gasteiger charge is -2.20. The molecule has 0 bridgehead atoms. The molecular weight excluding hydrogens is 282 g/mol. The van der Waals surface area contributed by atoms with Gasteiger partial charge in [-0.2, -0.15) is 0 Å². The highest BCUT2D eigenvalue weighted by atomic mass is 16.6. The Hall–Kier alpha value is -2.04. The van der Waals surface area contributed by atoms with Gasteiger partial charge in [0.15, 0.2) is 0 Å². The fraction of sp³-hybridized carbons (Fsp3) is 0.529. The minimum absolute atomic E-state index is 0.163. The Balaban J connectivity index is 1.98. The molecule has 0 atom stereocenters. The van der Waals surface area contributed by atoms with E-state index in [2.05, 4.69) is 5.32 Å². The number of aliphatic carboxylic acids is 1. The molecule has 0 aromatic heterocycles. The van der Waals surface area contributed by atoms with Gasteiger partial charge in [0.05, 0.1) is 6.42 Å². The third-order valence-corrected chi connectivity index (χ3v) is 3.72. The highest BCUT2D eigenvalue weighted by molar-refractivity contribution is 5.70. The Labute approximate surface area is 130 Å². The number of benzene rings is 1. The van der Waals surface area contributed by atoms with Gasteiger partial charge in [0.25, 0.3) is 0 Å². The Morgan fingerprint density at radius 1 is 1.32 bits per heavy atom. The van der Waals surface area contributed by atoms with Gasteiger partial charge in [-0.05, 0) is 44.7 Å². The van der Waals surface area contributed by atoms with E-state index in [1.54, 1.807) is 0 Å². The van der Waals surface area contributed by atoms with Gasteiger partial charge >= 0.3 is 12.1 Å². The summed E-state index contributed by atoms with van der Waals surface area (Å²) in [5, 5.41) is 11.7. The van der Waals surface area contributed by atoms with Crippen molar-refractivity contribution in [3.63, 3.8) is 0 Å². The molecule has 0 heterocycles. The van der Waals surface area contributed by atoms with Gasteiger partial charge < -0.3 is 15.2 Å². The van der Waals surface area contributed by atoms with Gasteiger partial charge in [-0.3, -0.25) is 4.79 Å². The predicted octanol–water partition coefficient (Wildman–Crippen LogP) is 3.22. The van der Waals surface area contributed by atoms with Crippen molar-refractivity contribution < 1.29 is 19.4 Å². The number of hydrogen-bond donors (Lipinski definition) is 2. The summed E-state index contributed by atoms with van der Waals surface area (Å²) in [5.74, 6) is -0.769. The van der Waals surface area contributed by atoms with E-state index in [0.29, 0.717) is 6.54 Å². The number of carboxylic acids is 1. The van der Waals surface area contributed by atoms with Crippen LogP contribution in [0, 0.1) is 0 Å². The second-order valence-corrected chi connectivity index (χ2v) is 6.91. The average Bonchev–Trinajstić information content (AvgIpc) is 3.15. The van der Waals surface area contributed by atoms with Crippen LogP contribution in [0.3, 0.4) is 0 Å². The second-order valence-electron chi connectivity index (χ2n) is 6.91. The molecule has 1 aliphatic carbocycles. The van der Waals surface area contributed by atoms with Gasteiger partial charge in [-0.25, -0.2) is 4.79 Å². The molecule has 1 aliphatic rings. The maximum atomic E-state index is 11.7. The summed E-state index contributed by atoms with van der Waals surface area (Å²) in [4.78, 5) is 22.6. The van der Waals surface area contributed by atoms with Gasteiger partial charge in [-0.1, -0.05) is 24.3 Å². The molecule has 1 aromatic carbocycles. The molecule has 1 aromatic rings. The predicted molar refractivity (Wildman–Crippen MR) is 82.7 cm³/mol. The Morgan fingerprint density at radius 3 is 2.55 bits per heavy atom. The van der Waals surface area contributed by atoms with Crippen LogP contribution in [0.4, 0.5) is 4.79 Å². The lowest BCUT2D eigenvalue weighted by atomic mass is 9.91. The standard InChI is InChI=1S/C17H23NO4/c1-16(2,3)22-15(21)18-11-12-5-4-6-13(9-12)17(7-8-17)10-14(19)20/h4-6,9H,7-8,10-11H2,1-3H3,(H,18,21)(H,19,20). The molecule has 22 heavy (non-hydrogen) atoms. The number of rotatable bonds is 5. The molecule has 0 aliphatic heterocycles. The molecule has 0 radical (unpaired) electrons. The average molecular weight is 305 g/mol. The number of carbonyl (C=O) groups is 2. The second kappa shape index (κ2) is 5.99. The number of carbonyl (C=O) groups excluding carboxylic acids is 1. The topological polar surface area (TPSA) is 75.6 Å². The molecule has 0 unspecified atom stereocenters. The van der Waals surface area contributed by atoms with E-state index in [9.17, 15) is 9.59 Å². The summed E-state index contributed by atoms with van der Waals surface area (Å²) >= 11 is 0. The van der Waals surface area contributed by atoms with E-state index < -0.39 is 17.7 Å². The Kier molecular flexibility index (Phi) is 4.44. The smallest absolute Gasteiger partial charge is 0.407 e. The monoisotopic (exact) mass is 305 g/mol. The Bertz CT molecular complexity index is 570. The summed E-state index contributed by atoms with van der Waals surface area (Å²) in [5.41, 5.74) is 1.25. The van der Waals surface area contributed by atoms with Crippen molar-refractivity contribution in [2.75, 3.05) is 0 Å². The molecule has 2 rings (SSSR count). The summed E-state index contributed by atoms with van der Waals surface area (Å²) < 4.78 is 5.19. The number of hydrogen-bond acceptors (Lipinski definition) is 3. The van der Waals surface area contributed by atoms with Gasteiger partial charge in [0.1, 0.15) is 5.60 Å². The normalized spacial score (nSPS) is 16.0. The van der Waals surface area contributed by atoms with Gasteiger partial charge in [-0.15, -0.1) is 0 Å². The van der Waals surface area contributed by atoms with Crippen LogP contribution in [-0.2, 0) is 21.5 Å². The van der Waals surface area contributed by atoms with Crippen LogP contribution >= 0.6 is 0 Å². The van der Waals surface area contributed by atoms with Crippen molar-refractivity contribution in [1.29, 1.82) is 0 Å². The van der Waals surface area contributed by atoms with Crippen molar-refractivity contribution >= 4 is 12.1 Å². The first-order valence-electron chi connectivity index (χ1n) is 7.48. The summed E-state index contributed by atoms with van der Waals surface area (Å²) in [7, 11) is 0. The third kappa shape index (κ3) is 4.48. The van der Waals surface area contributed by atoms with Crippen LogP contribution in [0.1, 0.15) is 51.2 Å². The SMILES string of the molecule is CC(C)(C)OC(=O)NCc1cccc(C2(CC(=O)O)CC2)c1. The lowest BCUT2D eigenvalue weighted by Crippen LogP contribution is -2.32. The number of nitrogens with one attached hydrogen (secondary N) is 1. The van der Waals surface area contributed by atoms with Crippen LogP contribution in [0.15, 0.2) is 24.3 Å². The largest absolute Gasteiger partial charge is 0.481 e. The van der Waals surface area contributed by atoms with Crippen molar-refractivity contribution in [3.05, 3.63) is 35.4 Å². The van der Waals surface area contributed by atoms with E-state index in [1.807, 2.05) is 45.0 Å². The molecule has 5 heteroatoms. The molecule has 5 nitrogen and oxygen atoms in total. The molecule has 1 fully saturated rings. The number of carboxylic acid groups (broad SMARTS) is 1. The molecular formula is C17H23NO4. The van der Waals surface area contributed by atoms with Crippen molar-refractivity contribution in [2.45, 2.75) is 57.6 Å². The minimum Gasteiger partial charge on any atom is -0.481 e. The summed E-state index contributed by atoms with van der Waals surface area (Å²) in [6, 6.07) is 7.77. The lowest BCUT2D eigenvalue weighted by molar-refractivity contribution is -0.137. The Morgan fingerprint density at radius 2 is 2.00 bits per heavy atom. The molecule has 120 valence electrons. The van der Waals surface area contributed by atoms with Gasteiger partial charge in [0.2, 0.25) is 0 Å². The van der Waals surface area contributed by atoms with E-state index in [0.717, 1.165) is 24.0 Å². The third-order valence-electron chi connectivity index (χ3n) is 3.72. The highest BCUT2D eigenvalue weighted by Crippen LogP contribution is 2.51. The molecule has 1 saturated carbocycles. The highest BCUT2D eigenvalue weighted by Gasteiger charge is 2.45. The van der Waals surface area contributed by atoms with E-state index in [1.165, 1.54) is 0 Å². The zero-order valence-corrected chi connectivity index (χ0v) is 13.3. The van der Waals surface area contributed by atoms with Crippen LogP contribution in [0.25, 0.3) is 0 Å². The van der Waals surface area contributed by atoms with E-state index in [-0.39, 0.29) is 11.8 Å². The summed E-state index contributed by atoms with van der Waals surface area (Å²) in [6.45, 7) is 5.81. The van der Waals surface area contributed by atoms with Crippen molar-refractivity contribution in [3.8, 4) is 0 Å². The van der Waals surface area contributed by atoms with Crippen LogP contribution in [-0.4, -0.2) is 22.8 Å². The quantitative estimate of drug-likeness (QED) is 0.876. The van der Waals surface area contributed by atoms with Crippen molar-refractivity contribution in [2.24, 2.45) is 0 Å². The molecule has 2 N–H and O–H groups in total. The zero-order chi connectivity index (χ0) is 16.4. The van der Waals surface area contributed by atoms with Crippen molar-refractivity contribution in [1.82, 2.24) is 5.32 Å². The first kappa shape index (κ1) is 16.3. The zero-order valence-electron chi connectivity index (χ0n) is 13.3. The maximum absolute atomic E-state index is 11.7. The van der Waals surface area contributed by atoms with Crippen LogP contribution < -0.4 is 5.32 Å². The first-order chi connectivity index (χ1) is 10.2. The van der Waals surface area contributed by atoms with Gasteiger partial charge in [0, 0.05) is 12.0 Å². The van der Waals surface area contributed by atoms with E-state index >= 15 is 0 Å². The van der Waals surface area contributed by atoms with E-state index in [4.69, 9.17) is 9.84 Å². The molecule has 0 spiro atoms. The minimum atomic E-state index is -0.769. The summed E-state index contributed by atoms with van der Waals surface area (Å²) in [6.07, 6.45) is 1.52. The number of alkyl carbamates (subject to hydrolysis) is 1. The van der Waals surface area contributed by atoms with Crippen LogP contribution in [0.2, 0.25) is 0 Å². The van der Waals surface area contributed by atoms with Crippen LogP contribution in [0.5, 0.6) is 0 Å². The molecule has 0 saturated heterocycles. The number of ether oxygens (including phenoxy) is 1. The first-order valence-corrected chi connectivity index (χ1v) is 7.48. The maximum Gasteiger partial charge on any atom is 0.407 e. The fourth-order valence-corrected chi connectivity index (χ4v) is 2.51. The fourth-order valence-electron chi connectivity index (χ4n) is 2.51. The number of amides is 1. The molecule has 1 amide bonds.